The van der Waals surface area contributed by atoms with Gasteiger partial charge in [-0.3, -0.25) is 0 Å². The zero-order valence-electron chi connectivity index (χ0n) is 10.9. The number of hydrogen-bond donors (Lipinski definition) is 0. The molecule has 0 amide bonds. The van der Waals surface area contributed by atoms with Gasteiger partial charge < -0.3 is 4.74 Å². The van der Waals surface area contributed by atoms with E-state index in [-0.39, 0.29) is 27.1 Å². The van der Waals surface area contributed by atoms with Crippen molar-refractivity contribution in [2.75, 3.05) is 6.61 Å². The predicted octanol–water partition coefficient (Wildman–Crippen LogP) is 4.27. The maximum Gasteiger partial charge on any atom is 0.341 e. The molecule has 0 heterocycles. The van der Waals surface area contributed by atoms with E-state index in [2.05, 4.69) is 0 Å². The number of rotatable bonds is 5. The fraction of sp³-hybridized carbons (Fsp3) is 0.462. The third kappa shape index (κ3) is 4.03. The van der Waals surface area contributed by atoms with Crippen LogP contribution in [0, 0.1) is 5.92 Å². The van der Waals surface area contributed by atoms with Crippen LogP contribution in [0.25, 0.3) is 0 Å². The lowest BCUT2D eigenvalue weighted by Crippen LogP contribution is -2.16. The Morgan fingerprint density at radius 3 is 2.48 bits per heavy atom. The molecule has 0 spiro atoms. The molecule has 21 heavy (non-hydrogen) atoms. The van der Waals surface area contributed by atoms with Gasteiger partial charge in [-0.05, 0) is 24.5 Å². The monoisotopic (exact) mass is 370 g/mol. The lowest BCUT2D eigenvalue weighted by molar-refractivity contribution is 0.0464. The predicted molar refractivity (Wildman–Crippen MR) is 81.7 cm³/mol. The summed E-state index contributed by atoms with van der Waals surface area (Å²) < 4.78 is 27.9. The molecule has 8 heteroatoms. The average Bonchev–Trinajstić information content (AvgIpc) is 2.30. The van der Waals surface area contributed by atoms with Gasteiger partial charge in [0.2, 0.25) is 0 Å². The first-order valence-corrected chi connectivity index (χ1v) is 9.47. The lowest BCUT2D eigenvalue weighted by atomic mass is 9.83. The molecule has 116 valence electrons. The zero-order chi connectivity index (χ0) is 15.6. The highest BCUT2D eigenvalue weighted by molar-refractivity contribution is 8.13. The molecule has 0 atom stereocenters. The first-order chi connectivity index (χ1) is 9.80. The van der Waals surface area contributed by atoms with Crippen LogP contribution in [0.2, 0.25) is 10.0 Å². The van der Waals surface area contributed by atoms with Crippen molar-refractivity contribution in [1.82, 2.24) is 0 Å². The first kappa shape index (κ1) is 16.9. The molecule has 1 aromatic carbocycles. The zero-order valence-corrected chi connectivity index (χ0v) is 14.0. The Balaban J connectivity index is 2.15. The highest BCUT2D eigenvalue weighted by Crippen LogP contribution is 2.34. The molecular weight excluding hydrogens is 359 g/mol. The highest BCUT2D eigenvalue weighted by Gasteiger charge is 2.25. The second-order valence-electron chi connectivity index (χ2n) is 4.89. The van der Waals surface area contributed by atoms with Crippen molar-refractivity contribution in [2.24, 2.45) is 5.92 Å². The minimum Gasteiger partial charge on any atom is -0.462 e. The van der Waals surface area contributed by atoms with E-state index >= 15 is 0 Å². The van der Waals surface area contributed by atoms with E-state index in [9.17, 15) is 13.2 Å². The van der Waals surface area contributed by atoms with Gasteiger partial charge in [-0.1, -0.05) is 42.5 Å². The molecule has 1 aromatic rings. The van der Waals surface area contributed by atoms with Crippen molar-refractivity contribution in [2.45, 2.75) is 30.6 Å². The molecule has 0 unspecified atom stereocenters. The molecule has 1 aliphatic carbocycles. The van der Waals surface area contributed by atoms with Crippen LogP contribution in [0.3, 0.4) is 0 Å². The summed E-state index contributed by atoms with van der Waals surface area (Å²) in [6.07, 6.45) is 4.30. The summed E-state index contributed by atoms with van der Waals surface area (Å²) in [5.74, 6) is -0.148. The average molecular weight is 372 g/mol. The number of halogens is 3. The lowest BCUT2D eigenvalue weighted by Gasteiger charge is -2.24. The first-order valence-electron chi connectivity index (χ1n) is 6.40. The van der Waals surface area contributed by atoms with Gasteiger partial charge in [-0.25, -0.2) is 13.2 Å². The maximum absolute atomic E-state index is 12.0. The van der Waals surface area contributed by atoms with Crippen molar-refractivity contribution in [1.29, 1.82) is 0 Å². The summed E-state index contributed by atoms with van der Waals surface area (Å²) in [6.45, 7) is 0.258. The van der Waals surface area contributed by atoms with E-state index < -0.39 is 15.0 Å². The molecule has 0 aromatic heterocycles. The summed E-state index contributed by atoms with van der Waals surface area (Å²) in [5.41, 5.74) is -0.173. The fourth-order valence-electron chi connectivity index (χ4n) is 2.08. The van der Waals surface area contributed by atoms with E-state index in [1.54, 1.807) is 0 Å². The van der Waals surface area contributed by atoms with Crippen LogP contribution >= 0.6 is 33.9 Å². The Kier molecular flexibility index (Phi) is 5.41. The number of carbonyl (C=O) groups excluding carboxylic acids is 1. The molecule has 1 fully saturated rings. The van der Waals surface area contributed by atoms with E-state index in [1.165, 1.54) is 12.5 Å². The van der Waals surface area contributed by atoms with Gasteiger partial charge in [0.25, 0.3) is 9.05 Å². The van der Waals surface area contributed by atoms with Crippen molar-refractivity contribution in [3.05, 3.63) is 27.7 Å². The summed E-state index contributed by atoms with van der Waals surface area (Å²) in [6, 6.07) is 2.41. The molecule has 0 aliphatic heterocycles. The summed E-state index contributed by atoms with van der Waals surface area (Å²) >= 11 is 11.8. The second kappa shape index (κ2) is 6.73. The van der Waals surface area contributed by atoms with Crippen LogP contribution in [-0.2, 0) is 13.8 Å². The normalized spacial score (nSPS) is 15.6. The minimum absolute atomic E-state index is 0.0257. The van der Waals surface area contributed by atoms with Gasteiger partial charge in [0.1, 0.15) is 4.90 Å². The molecule has 0 bridgehead atoms. The smallest absolute Gasteiger partial charge is 0.341 e. The SMILES string of the molecule is O=C(OCCC1CCC1)c1c(Cl)ccc(S(=O)(=O)Cl)c1Cl. The Hall–Kier alpha value is -0.490. The molecule has 4 nitrogen and oxygen atoms in total. The van der Waals surface area contributed by atoms with Gasteiger partial charge in [0, 0.05) is 10.7 Å². The molecule has 1 aliphatic rings. The number of carbonyl (C=O) groups is 1. The molecule has 2 rings (SSSR count). The van der Waals surface area contributed by atoms with Crippen LogP contribution in [0.5, 0.6) is 0 Å². The van der Waals surface area contributed by atoms with Crippen LogP contribution in [0.1, 0.15) is 36.0 Å². The Bertz CT molecular complexity index is 654. The molecule has 0 saturated heterocycles. The van der Waals surface area contributed by atoms with Gasteiger partial charge in [0.05, 0.1) is 22.2 Å². The van der Waals surface area contributed by atoms with Crippen molar-refractivity contribution in [3.8, 4) is 0 Å². The standard InChI is InChI=1S/C13H13Cl3O4S/c14-9-4-5-10(21(16,18)19)12(15)11(9)13(17)20-7-6-8-2-1-3-8/h4-5,8H,1-3,6-7H2. The van der Waals surface area contributed by atoms with Crippen LogP contribution in [0.15, 0.2) is 17.0 Å². The van der Waals surface area contributed by atoms with Crippen LogP contribution < -0.4 is 0 Å². The maximum atomic E-state index is 12.0. The van der Waals surface area contributed by atoms with Crippen LogP contribution in [0.4, 0.5) is 0 Å². The molecule has 1 saturated carbocycles. The number of benzene rings is 1. The topological polar surface area (TPSA) is 60.4 Å². The van der Waals surface area contributed by atoms with E-state index in [0.717, 1.165) is 25.3 Å². The van der Waals surface area contributed by atoms with Crippen molar-refractivity contribution >= 4 is 48.9 Å². The Morgan fingerprint density at radius 1 is 1.29 bits per heavy atom. The Morgan fingerprint density at radius 2 is 1.95 bits per heavy atom. The van der Waals surface area contributed by atoms with E-state index in [0.29, 0.717) is 5.92 Å². The van der Waals surface area contributed by atoms with Gasteiger partial charge >= 0.3 is 5.97 Å². The third-order valence-corrected chi connectivity index (χ3v) is 5.69. The van der Waals surface area contributed by atoms with Crippen molar-refractivity contribution in [3.63, 3.8) is 0 Å². The number of esters is 1. The van der Waals surface area contributed by atoms with Crippen molar-refractivity contribution < 1.29 is 17.9 Å². The Labute approximate surface area is 137 Å². The summed E-state index contributed by atoms with van der Waals surface area (Å²) in [5, 5.41) is -0.288. The second-order valence-corrected chi connectivity index (χ2v) is 8.21. The molecule has 0 radical (unpaired) electrons. The minimum atomic E-state index is -4.06. The van der Waals surface area contributed by atoms with Gasteiger partial charge in [-0.15, -0.1) is 0 Å². The quantitative estimate of drug-likeness (QED) is 0.573. The molecule has 0 N–H and O–H groups in total. The van der Waals surface area contributed by atoms with E-state index in [1.807, 2.05) is 0 Å². The summed E-state index contributed by atoms with van der Waals surface area (Å²) in [7, 11) is 1.20. The van der Waals surface area contributed by atoms with Gasteiger partial charge in [0.15, 0.2) is 0 Å². The van der Waals surface area contributed by atoms with E-state index in [4.69, 9.17) is 38.6 Å². The highest BCUT2D eigenvalue weighted by atomic mass is 35.7. The fourth-order valence-corrected chi connectivity index (χ4v) is 3.96. The molecular formula is C13H13Cl3O4S. The van der Waals surface area contributed by atoms with Crippen LogP contribution in [-0.4, -0.2) is 21.0 Å². The summed E-state index contributed by atoms with van der Waals surface area (Å²) in [4.78, 5) is 11.7. The van der Waals surface area contributed by atoms with Gasteiger partial charge in [-0.2, -0.15) is 0 Å². The number of hydrogen-bond acceptors (Lipinski definition) is 4. The largest absolute Gasteiger partial charge is 0.462 e. The number of ether oxygens (including phenoxy) is 1. The third-order valence-electron chi connectivity index (χ3n) is 3.51.